The monoisotopic (exact) mass is 586 g/mol. The summed E-state index contributed by atoms with van der Waals surface area (Å²) in [7, 11) is 3.72. The van der Waals surface area contributed by atoms with Crippen molar-refractivity contribution in [1.29, 1.82) is 0 Å². The number of alkyl halides is 3. The van der Waals surface area contributed by atoms with Gasteiger partial charge in [-0.2, -0.15) is 13.2 Å². The second-order valence-electron chi connectivity index (χ2n) is 9.52. The molecular formula is C25H29F3N4O7S. The molecule has 4 N–H and O–H groups in total. The lowest BCUT2D eigenvalue weighted by molar-refractivity contribution is -0.898. The Hall–Kier alpha value is -3.85. The smallest absolute Gasteiger partial charge is 0.430 e. The molecule has 1 fully saturated rings. The summed E-state index contributed by atoms with van der Waals surface area (Å²) in [5.74, 6) is -4.95. The number of rotatable bonds is 9. The van der Waals surface area contributed by atoms with Gasteiger partial charge < -0.3 is 30.5 Å². The van der Waals surface area contributed by atoms with Crippen LogP contribution < -0.4 is 16.2 Å². The van der Waals surface area contributed by atoms with E-state index >= 15 is 0 Å². The first-order valence-electron chi connectivity index (χ1n) is 11.8. The summed E-state index contributed by atoms with van der Waals surface area (Å²) in [6.07, 6.45) is -1.56. The van der Waals surface area contributed by atoms with Crippen molar-refractivity contribution in [2.24, 2.45) is 5.73 Å². The van der Waals surface area contributed by atoms with Crippen molar-refractivity contribution in [2.45, 2.75) is 37.0 Å². The largest absolute Gasteiger partial charge is 0.542 e. The number of nitrogens with zero attached hydrogens (tertiary/aromatic N) is 2. The standard InChI is InChI=1S/C23H28N4O5S.C2HF3O2/c1-14(20(24)29)27(2,3)11-7-10-16-13-33-22-18(21(30)26(22)19(16)23(31)32)25-17(28)12-15-8-5-4-6-9-15;3-2(4,5)1(6)7/h4-10,14,18,22H,11-13H2,1-3H3,(H3-,24,25,28,29,31,32);(H,6,7)/b10-7+;/t14-,18-,22-;/m1./s1. The molecule has 0 unspecified atom stereocenters. The van der Waals surface area contributed by atoms with Crippen molar-refractivity contribution < 1.29 is 51.8 Å². The van der Waals surface area contributed by atoms with Gasteiger partial charge in [-0.3, -0.25) is 19.3 Å². The molecule has 218 valence electrons. The van der Waals surface area contributed by atoms with Gasteiger partial charge in [-0.05, 0) is 24.1 Å². The van der Waals surface area contributed by atoms with Gasteiger partial charge in [0.2, 0.25) is 5.91 Å². The lowest BCUT2D eigenvalue weighted by atomic mass is 10.0. The maximum absolute atomic E-state index is 12.8. The minimum Gasteiger partial charge on any atom is -0.542 e. The Balaban J connectivity index is 0.000000708. The van der Waals surface area contributed by atoms with Crippen LogP contribution in [0.25, 0.3) is 0 Å². The fourth-order valence-electron chi connectivity index (χ4n) is 3.75. The van der Waals surface area contributed by atoms with Crippen molar-refractivity contribution in [1.82, 2.24) is 10.2 Å². The first-order valence-corrected chi connectivity index (χ1v) is 12.8. The van der Waals surface area contributed by atoms with Crippen LogP contribution in [0.2, 0.25) is 0 Å². The van der Waals surface area contributed by atoms with E-state index in [1.807, 2.05) is 44.4 Å². The number of fused-ring (bicyclic) bond motifs is 1. The molecule has 3 rings (SSSR count). The van der Waals surface area contributed by atoms with Gasteiger partial charge in [0.25, 0.3) is 11.8 Å². The van der Waals surface area contributed by atoms with E-state index in [1.54, 1.807) is 19.1 Å². The third-order valence-corrected chi connectivity index (χ3v) is 7.61. The fourth-order valence-corrected chi connectivity index (χ4v) is 5.06. The van der Waals surface area contributed by atoms with Gasteiger partial charge in [-0.25, -0.2) is 4.79 Å². The number of carbonyl (C=O) groups excluding carboxylic acids is 4. The molecule has 2 aliphatic heterocycles. The number of aliphatic carboxylic acids is 2. The zero-order valence-electron chi connectivity index (χ0n) is 21.8. The second kappa shape index (κ2) is 13.0. The fraction of sp³-hybridized carbons (Fsp3) is 0.400. The zero-order valence-corrected chi connectivity index (χ0v) is 22.6. The Bertz CT molecular complexity index is 1220. The zero-order chi connectivity index (χ0) is 30.4. The van der Waals surface area contributed by atoms with Gasteiger partial charge in [0.1, 0.15) is 23.1 Å². The number of likely N-dealkylation sites (N-methyl/N-ethyl adjacent to an activating group) is 1. The molecule has 40 heavy (non-hydrogen) atoms. The third kappa shape index (κ3) is 8.08. The molecule has 1 saturated heterocycles. The molecule has 0 bridgehead atoms. The van der Waals surface area contributed by atoms with Gasteiger partial charge in [0.15, 0.2) is 6.04 Å². The minimum atomic E-state index is -5.19. The number of hydrogen-bond donors (Lipinski definition) is 3. The second-order valence-corrected chi connectivity index (χ2v) is 10.6. The van der Waals surface area contributed by atoms with Crippen LogP contribution in [0.5, 0.6) is 0 Å². The summed E-state index contributed by atoms with van der Waals surface area (Å²) in [5.41, 5.74) is 6.68. The van der Waals surface area contributed by atoms with E-state index < -0.39 is 47.4 Å². The van der Waals surface area contributed by atoms with E-state index in [0.29, 0.717) is 22.4 Å². The third-order valence-electron chi connectivity index (χ3n) is 6.31. The van der Waals surface area contributed by atoms with E-state index in [2.05, 4.69) is 5.32 Å². The predicted octanol–water partition coefficient (Wildman–Crippen LogP) is -0.227. The average molecular weight is 587 g/mol. The van der Waals surface area contributed by atoms with Crippen LogP contribution in [-0.2, 0) is 30.4 Å². The lowest BCUT2D eigenvalue weighted by Gasteiger charge is -2.49. The topological polar surface area (TPSA) is 170 Å². The highest BCUT2D eigenvalue weighted by Crippen LogP contribution is 2.40. The van der Waals surface area contributed by atoms with Gasteiger partial charge in [-0.1, -0.05) is 36.4 Å². The number of β-lactam (4-membered cyclic amide) rings is 1. The summed E-state index contributed by atoms with van der Waals surface area (Å²) in [4.78, 5) is 58.7. The van der Waals surface area contributed by atoms with Gasteiger partial charge in [-0.15, -0.1) is 11.8 Å². The van der Waals surface area contributed by atoms with Crippen LogP contribution in [0, 0.1) is 0 Å². The summed E-state index contributed by atoms with van der Waals surface area (Å²) >= 11 is 1.41. The molecule has 0 spiro atoms. The number of amides is 3. The quantitative estimate of drug-likeness (QED) is 0.263. The van der Waals surface area contributed by atoms with Crippen LogP contribution >= 0.6 is 11.8 Å². The number of nitrogens with one attached hydrogen (secondary N) is 1. The number of benzene rings is 1. The van der Waals surface area contributed by atoms with Crippen LogP contribution in [-0.4, -0.2) is 94.2 Å². The number of hydrogen-bond acceptors (Lipinski definition) is 7. The molecule has 11 nitrogen and oxygen atoms in total. The van der Waals surface area contributed by atoms with E-state index in [0.717, 1.165) is 5.56 Å². The molecule has 1 aromatic carbocycles. The molecule has 15 heteroatoms. The number of primary amides is 1. The van der Waals surface area contributed by atoms with Gasteiger partial charge in [0.05, 0.1) is 27.1 Å². The van der Waals surface area contributed by atoms with Crippen LogP contribution in [0.4, 0.5) is 13.2 Å². The first-order chi connectivity index (χ1) is 18.5. The number of halogens is 3. The summed E-state index contributed by atoms with van der Waals surface area (Å²) in [6.45, 7) is 2.20. The van der Waals surface area contributed by atoms with Crippen LogP contribution in [0.1, 0.15) is 12.5 Å². The van der Waals surface area contributed by atoms with Crippen molar-refractivity contribution in [2.75, 3.05) is 26.4 Å². The molecule has 3 amide bonds. The molecule has 2 heterocycles. The van der Waals surface area contributed by atoms with Gasteiger partial charge in [0, 0.05) is 5.75 Å². The Labute approximate surface area is 232 Å². The number of thioether (sulfide) groups is 1. The van der Waals surface area contributed by atoms with E-state index in [9.17, 15) is 37.5 Å². The van der Waals surface area contributed by atoms with E-state index in [-0.39, 0.29) is 18.0 Å². The summed E-state index contributed by atoms with van der Waals surface area (Å²) < 4.78 is 31.9. The molecule has 0 saturated carbocycles. The molecule has 2 aliphatic rings. The number of carboxylic acids is 2. The SMILES string of the molecule is C[C@H](C(N)=O)[N+](C)(C)C/C=C/C1=C(C(=O)O)N2C(=O)[C@@H](NC(=O)Cc3ccccc3)[C@H]2SC1.O=C([O-])C(F)(F)F. The maximum Gasteiger partial charge on any atom is 0.430 e. The Morgan fingerprint density at radius 2 is 1.82 bits per heavy atom. The number of carbonyl (C=O) groups is 5. The highest BCUT2D eigenvalue weighted by molar-refractivity contribution is 8.00. The highest BCUT2D eigenvalue weighted by Gasteiger charge is 2.53. The number of quaternary nitrogens is 1. The van der Waals surface area contributed by atoms with Crippen molar-refractivity contribution >= 4 is 41.4 Å². The van der Waals surface area contributed by atoms with Crippen LogP contribution in [0.3, 0.4) is 0 Å². The molecule has 0 radical (unpaired) electrons. The van der Waals surface area contributed by atoms with Gasteiger partial charge >= 0.3 is 12.1 Å². The lowest BCUT2D eigenvalue weighted by Crippen LogP contribution is -2.70. The minimum absolute atomic E-state index is 0.0678. The first kappa shape index (κ1) is 32.4. The number of allylic oxidation sites excluding steroid dienone is 1. The van der Waals surface area contributed by atoms with Crippen molar-refractivity contribution in [3.05, 3.63) is 59.3 Å². The normalized spacial score (nSPS) is 19.6. The Morgan fingerprint density at radius 3 is 2.33 bits per heavy atom. The molecule has 3 atom stereocenters. The van der Waals surface area contributed by atoms with E-state index in [4.69, 9.17) is 15.6 Å². The Kier molecular flexibility index (Phi) is 10.5. The maximum atomic E-state index is 12.8. The van der Waals surface area contributed by atoms with Crippen molar-refractivity contribution in [3.63, 3.8) is 0 Å². The molecule has 0 aliphatic carbocycles. The molecule has 0 aromatic heterocycles. The van der Waals surface area contributed by atoms with Crippen LogP contribution in [0.15, 0.2) is 53.8 Å². The number of carboxylic acid groups (broad SMARTS) is 2. The highest BCUT2D eigenvalue weighted by atomic mass is 32.2. The van der Waals surface area contributed by atoms with E-state index in [1.165, 1.54) is 16.7 Å². The predicted molar refractivity (Wildman–Crippen MR) is 136 cm³/mol. The summed E-state index contributed by atoms with van der Waals surface area (Å²) in [6, 6.07) is 8.03. The summed E-state index contributed by atoms with van der Waals surface area (Å²) in [5, 5.41) is 20.9. The van der Waals surface area contributed by atoms with Crippen molar-refractivity contribution in [3.8, 4) is 0 Å². The molecule has 1 aromatic rings. The average Bonchev–Trinajstić information content (AvgIpc) is 2.86. The number of nitrogens with two attached hydrogens (primary N) is 1. The Morgan fingerprint density at radius 1 is 1.25 bits per heavy atom. The molecular weight excluding hydrogens is 557 g/mol.